The van der Waals surface area contributed by atoms with E-state index in [4.69, 9.17) is 0 Å². The van der Waals surface area contributed by atoms with Crippen LogP contribution in [-0.4, -0.2) is 14.5 Å². The van der Waals surface area contributed by atoms with Crippen molar-refractivity contribution in [3.05, 3.63) is 18.5 Å². The Morgan fingerprint density at radius 1 is 1.22 bits per heavy atom. The maximum absolute atomic E-state index is 4.12. The van der Waals surface area contributed by atoms with Crippen LogP contribution in [0.2, 0.25) is 0 Å². The summed E-state index contributed by atoms with van der Waals surface area (Å²) in [6.07, 6.45) is 3.46. The molecule has 0 radical (unpaired) electrons. The second-order valence-electron chi connectivity index (χ2n) is 1.69. The van der Waals surface area contributed by atoms with E-state index in [2.05, 4.69) is 14.5 Å². The number of nitrogens with zero attached hydrogens (tertiary/aromatic N) is 3. The Balaban J connectivity index is 2.95. The maximum Gasteiger partial charge on any atom is 0.113 e. The largest absolute Gasteiger partial charge is 0.262 e. The predicted octanol–water partition coefficient (Wildman–Crippen LogP) is 1.06. The number of fused-ring (bicyclic) bond motifs is 1. The van der Waals surface area contributed by atoms with Crippen molar-refractivity contribution in [1.29, 1.82) is 0 Å². The zero-order chi connectivity index (χ0) is 6.10. The van der Waals surface area contributed by atoms with Crippen LogP contribution in [0.4, 0.5) is 0 Å². The molecule has 0 amide bonds. The summed E-state index contributed by atoms with van der Waals surface area (Å²) in [6.45, 7) is 0. The molecule has 0 aliphatic rings. The molecule has 1 atom stereocenters. The highest BCUT2D eigenvalue weighted by Crippen LogP contribution is 2.09. The fraction of sp³-hybridized carbons (Fsp3) is 0. The Labute approximate surface area is 53.4 Å². The highest BCUT2D eigenvalue weighted by molar-refractivity contribution is 7.21. The summed E-state index contributed by atoms with van der Waals surface area (Å²) in [5.41, 5.74) is 1.90. The molecular formula is C5H4N3P. The fourth-order valence-electron chi connectivity index (χ4n) is 0.692. The van der Waals surface area contributed by atoms with Gasteiger partial charge in [-0.25, -0.2) is 9.49 Å². The molecule has 44 valence electrons. The third-order valence-corrected chi connectivity index (χ3v) is 1.80. The molecule has 2 heterocycles. The van der Waals surface area contributed by atoms with Gasteiger partial charge in [-0.3, -0.25) is 4.98 Å². The van der Waals surface area contributed by atoms with E-state index in [0.717, 1.165) is 11.0 Å². The molecule has 0 aliphatic heterocycles. The molecule has 0 spiro atoms. The Morgan fingerprint density at radius 3 is 3.00 bits per heavy atom. The third-order valence-electron chi connectivity index (χ3n) is 1.12. The van der Waals surface area contributed by atoms with Crippen LogP contribution in [0.1, 0.15) is 0 Å². The van der Waals surface area contributed by atoms with Crippen LogP contribution in [-0.2, 0) is 0 Å². The third kappa shape index (κ3) is 0.698. The van der Waals surface area contributed by atoms with Crippen LogP contribution < -0.4 is 0 Å². The first-order chi connectivity index (χ1) is 4.47. The molecule has 2 aromatic heterocycles. The van der Waals surface area contributed by atoms with Crippen LogP contribution in [0, 0.1) is 0 Å². The molecule has 0 fully saturated rings. The molecule has 0 aromatic carbocycles. The second kappa shape index (κ2) is 1.78. The molecule has 9 heavy (non-hydrogen) atoms. The Morgan fingerprint density at radius 2 is 2.11 bits per heavy atom. The highest BCUT2D eigenvalue weighted by atomic mass is 31.1. The van der Waals surface area contributed by atoms with E-state index in [1.54, 1.807) is 12.4 Å². The molecule has 1 unspecified atom stereocenters. The average molecular weight is 137 g/mol. The summed E-state index contributed by atoms with van der Waals surface area (Å²) in [7, 11) is 0.356. The molecule has 2 rings (SSSR count). The van der Waals surface area contributed by atoms with Gasteiger partial charge in [-0.15, -0.1) is 0 Å². The van der Waals surface area contributed by atoms with E-state index in [9.17, 15) is 0 Å². The Hall–Kier alpha value is -0.950. The molecule has 3 nitrogen and oxygen atoms in total. The quantitative estimate of drug-likeness (QED) is 0.544. The zero-order valence-corrected chi connectivity index (χ0v) is 5.57. The molecule has 0 saturated carbocycles. The molecule has 0 aliphatic carbocycles. The van der Waals surface area contributed by atoms with Crippen LogP contribution in [0.5, 0.6) is 0 Å². The topological polar surface area (TPSA) is 38.7 Å². The van der Waals surface area contributed by atoms with E-state index in [1.165, 1.54) is 0 Å². The zero-order valence-electron chi connectivity index (χ0n) is 4.57. The second-order valence-corrected chi connectivity index (χ2v) is 2.34. The van der Waals surface area contributed by atoms with Gasteiger partial charge >= 0.3 is 0 Å². The van der Waals surface area contributed by atoms with Gasteiger partial charge in [-0.1, -0.05) is 0 Å². The summed E-state index contributed by atoms with van der Waals surface area (Å²) in [5.74, 6) is 0. The van der Waals surface area contributed by atoms with E-state index < -0.39 is 0 Å². The lowest BCUT2D eigenvalue weighted by Gasteiger charge is -1.79. The predicted molar refractivity (Wildman–Crippen MR) is 36.8 cm³/mol. The van der Waals surface area contributed by atoms with Gasteiger partial charge in [-0.05, 0) is 6.07 Å². The molecule has 2 aromatic rings. The molecule has 4 heteroatoms. The summed E-state index contributed by atoms with van der Waals surface area (Å²) in [4.78, 5) is 3.91. The Bertz CT molecular complexity index is 286. The minimum atomic E-state index is 0.356. The van der Waals surface area contributed by atoms with E-state index in [-0.39, 0.29) is 0 Å². The average Bonchev–Trinajstić information content (AvgIpc) is 2.33. The van der Waals surface area contributed by atoms with Crippen LogP contribution in [0.25, 0.3) is 11.0 Å². The molecule has 0 saturated heterocycles. The lowest BCUT2D eigenvalue weighted by molar-refractivity contribution is 1.35. The van der Waals surface area contributed by atoms with Gasteiger partial charge in [0.25, 0.3) is 0 Å². The van der Waals surface area contributed by atoms with Crippen molar-refractivity contribution in [2.75, 3.05) is 0 Å². The van der Waals surface area contributed by atoms with Gasteiger partial charge in [0.1, 0.15) is 5.52 Å². The normalized spacial score (nSPS) is 11.1. The number of pyridine rings is 1. The van der Waals surface area contributed by atoms with Gasteiger partial charge in [0.05, 0.1) is 20.2 Å². The van der Waals surface area contributed by atoms with Crippen LogP contribution in [0.15, 0.2) is 18.5 Å². The lowest BCUT2D eigenvalue weighted by atomic mass is 10.4. The first-order valence-corrected chi connectivity index (χ1v) is 3.47. The monoisotopic (exact) mass is 137 g/mol. The van der Waals surface area contributed by atoms with Crippen molar-refractivity contribution in [3.63, 3.8) is 0 Å². The van der Waals surface area contributed by atoms with E-state index in [1.807, 2.05) is 6.07 Å². The van der Waals surface area contributed by atoms with Crippen molar-refractivity contribution in [2.45, 2.75) is 0 Å². The standard InChI is InChI=1S/C5H4N3P/c1-2-6-3-5-4(1)7-9-8-5/h1-3,9H. The molecular weight excluding hydrogens is 133 g/mol. The van der Waals surface area contributed by atoms with E-state index >= 15 is 0 Å². The number of hydrogen-bond acceptors (Lipinski definition) is 3. The maximum atomic E-state index is 4.12. The number of aromatic nitrogens is 3. The Kier molecular flexibility index (Phi) is 0.965. The summed E-state index contributed by atoms with van der Waals surface area (Å²) < 4.78 is 8.22. The number of rotatable bonds is 0. The van der Waals surface area contributed by atoms with E-state index in [0.29, 0.717) is 8.51 Å². The van der Waals surface area contributed by atoms with Crippen molar-refractivity contribution < 1.29 is 0 Å². The molecule has 0 N–H and O–H groups in total. The van der Waals surface area contributed by atoms with Crippen LogP contribution >= 0.6 is 8.51 Å². The smallest absolute Gasteiger partial charge is 0.113 e. The minimum Gasteiger partial charge on any atom is -0.262 e. The first kappa shape index (κ1) is 4.89. The minimum absolute atomic E-state index is 0.356. The molecule has 0 bridgehead atoms. The highest BCUT2D eigenvalue weighted by Gasteiger charge is 1.91. The SMILES string of the molecule is c1cc2n[pH]nc2cn1. The van der Waals surface area contributed by atoms with Crippen molar-refractivity contribution >= 4 is 19.5 Å². The summed E-state index contributed by atoms with van der Waals surface area (Å²) in [6, 6.07) is 1.87. The van der Waals surface area contributed by atoms with Crippen molar-refractivity contribution in [1.82, 2.24) is 14.5 Å². The van der Waals surface area contributed by atoms with Crippen molar-refractivity contribution in [2.24, 2.45) is 0 Å². The van der Waals surface area contributed by atoms with Gasteiger partial charge in [0, 0.05) is 6.20 Å². The van der Waals surface area contributed by atoms with Gasteiger partial charge in [0.2, 0.25) is 0 Å². The van der Waals surface area contributed by atoms with Crippen molar-refractivity contribution in [3.8, 4) is 0 Å². The van der Waals surface area contributed by atoms with Crippen LogP contribution in [0.3, 0.4) is 0 Å². The van der Waals surface area contributed by atoms with Gasteiger partial charge in [-0.2, -0.15) is 0 Å². The summed E-state index contributed by atoms with van der Waals surface area (Å²) >= 11 is 0. The van der Waals surface area contributed by atoms with Gasteiger partial charge in [0.15, 0.2) is 0 Å². The fourth-order valence-corrected chi connectivity index (χ4v) is 1.32. The lowest BCUT2D eigenvalue weighted by Crippen LogP contribution is -1.69. The number of hydrogen-bond donors (Lipinski definition) is 0. The van der Waals surface area contributed by atoms with Gasteiger partial charge < -0.3 is 0 Å². The first-order valence-electron chi connectivity index (χ1n) is 2.57. The summed E-state index contributed by atoms with van der Waals surface area (Å²) in [5, 5.41) is 0.